The summed E-state index contributed by atoms with van der Waals surface area (Å²) < 4.78 is 4.80. The molecular weight excluding hydrogens is 128 g/mol. The van der Waals surface area contributed by atoms with Gasteiger partial charge in [0.15, 0.2) is 0 Å². The Balaban J connectivity index is 3.25. The van der Waals surface area contributed by atoms with Crippen LogP contribution in [0.4, 0.5) is 0 Å². The molecule has 0 aliphatic carbocycles. The third-order valence-corrected chi connectivity index (χ3v) is 0.987. The second-order valence-electron chi connectivity index (χ2n) is 1.99. The number of carbonyl (C=O) groups excluding carboxylic acids is 1. The highest BCUT2D eigenvalue weighted by atomic mass is 16.5. The summed E-state index contributed by atoms with van der Waals surface area (Å²) in [6.45, 7) is 4.40. The summed E-state index contributed by atoms with van der Waals surface area (Å²) in [5.74, 6) is -0.139. The lowest BCUT2D eigenvalue weighted by molar-refractivity contribution is -0.142. The fourth-order valence-electron chi connectivity index (χ4n) is 0.489. The fourth-order valence-corrected chi connectivity index (χ4v) is 0.489. The predicted octanol–water partition coefficient (Wildman–Crippen LogP) is 1.91. The standard InChI is InChI=1S/C8H14O2/c1-3-5-6-8(9)10-7-4-2/h3,5H,4,6-7H2,1-2H3/b5-3+. The molecule has 0 aromatic heterocycles. The highest BCUT2D eigenvalue weighted by Crippen LogP contribution is 1.89. The van der Waals surface area contributed by atoms with Crippen LogP contribution in [0.5, 0.6) is 0 Å². The molecule has 0 N–H and O–H groups in total. The van der Waals surface area contributed by atoms with Crippen LogP contribution >= 0.6 is 0 Å². The first kappa shape index (κ1) is 9.21. The monoisotopic (exact) mass is 142 g/mol. The van der Waals surface area contributed by atoms with E-state index >= 15 is 0 Å². The third kappa shape index (κ3) is 5.35. The summed E-state index contributed by atoms with van der Waals surface area (Å²) in [5.41, 5.74) is 0. The van der Waals surface area contributed by atoms with Crippen molar-refractivity contribution in [1.82, 2.24) is 0 Å². The van der Waals surface area contributed by atoms with E-state index in [4.69, 9.17) is 4.74 Å². The van der Waals surface area contributed by atoms with E-state index < -0.39 is 0 Å². The molecule has 0 unspecified atom stereocenters. The van der Waals surface area contributed by atoms with Crippen LogP contribution in [0.15, 0.2) is 12.2 Å². The summed E-state index contributed by atoms with van der Waals surface area (Å²) in [7, 11) is 0. The number of ether oxygens (including phenoxy) is 1. The number of rotatable bonds is 4. The minimum atomic E-state index is -0.139. The Morgan fingerprint density at radius 2 is 2.30 bits per heavy atom. The van der Waals surface area contributed by atoms with Crippen molar-refractivity contribution in [2.75, 3.05) is 6.61 Å². The minimum absolute atomic E-state index is 0.139. The molecule has 0 fully saturated rings. The molecule has 10 heavy (non-hydrogen) atoms. The van der Waals surface area contributed by atoms with E-state index in [1.54, 1.807) is 6.08 Å². The van der Waals surface area contributed by atoms with Gasteiger partial charge < -0.3 is 4.74 Å². The first-order valence-corrected chi connectivity index (χ1v) is 3.58. The number of hydrogen-bond donors (Lipinski definition) is 0. The van der Waals surface area contributed by atoms with Crippen molar-refractivity contribution in [2.45, 2.75) is 26.7 Å². The molecule has 0 heterocycles. The molecule has 0 spiro atoms. The molecule has 0 radical (unpaired) electrons. The Morgan fingerprint density at radius 1 is 1.60 bits per heavy atom. The number of carbonyl (C=O) groups is 1. The van der Waals surface area contributed by atoms with E-state index in [2.05, 4.69) is 0 Å². The van der Waals surface area contributed by atoms with Crippen LogP contribution in [0.3, 0.4) is 0 Å². The molecule has 0 aromatic carbocycles. The van der Waals surface area contributed by atoms with Crippen LogP contribution < -0.4 is 0 Å². The molecule has 0 aliphatic rings. The second-order valence-corrected chi connectivity index (χ2v) is 1.99. The maximum absolute atomic E-state index is 10.7. The molecule has 0 saturated heterocycles. The lowest BCUT2D eigenvalue weighted by atomic mass is 10.4. The molecule has 0 saturated carbocycles. The molecule has 0 bridgehead atoms. The van der Waals surface area contributed by atoms with Gasteiger partial charge in [-0.05, 0) is 13.3 Å². The Hall–Kier alpha value is -0.790. The van der Waals surface area contributed by atoms with E-state index in [-0.39, 0.29) is 5.97 Å². The van der Waals surface area contributed by atoms with Crippen LogP contribution in [-0.2, 0) is 9.53 Å². The number of esters is 1. The zero-order valence-corrected chi connectivity index (χ0v) is 6.59. The van der Waals surface area contributed by atoms with Gasteiger partial charge in [-0.15, -0.1) is 0 Å². The van der Waals surface area contributed by atoms with Crippen LogP contribution in [0.1, 0.15) is 26.7 Å². The minimum Gasteiger partial charge on any atom is -0.465 e. The molecule has 0 aliphatic heterocycles. The third-order valence-electron chi connectivity index (χ3n) is 0.987. The van der Waals surface area contributed by atoms with Crippen molar-refractivity contribution in [3.63, 3.8) is 0 Å². The summed E-state index contributed by atoms with van der Waals surface area (Å²) in [6.07, 6.45) is 4.92. The van der Waals surface area contributed by atoms with E-state index in [1.807, 2.05) is 19.9 Å². The maximum atomic E-state index is 10.7. The summed E-state index contributed by atoms with van der Waals surface area (Å²) >= 11 is 0. The largest absolute Gasteiger partial charge is 0.465 e. The van der Waals surface area contributed by atoms with Gasteiger partial charge in [0, 0.05) is 0 Å². The highest BCUT2D eigenvalue weighted by Gasteiger charge is 1.95. The zero-order valence-electron chi connectivity index (χ0n) is 6.59. The molecule has 0 amide bonds. The predicted molar refractivity (Wildman–Crippen MR) is 40.7 cm³/mol. The van der Waals surface area contributed by atoms with Crippen molar-refractivity contribution in [3.8, 4) is 0 Å². The highest BCUT2D eigenvalue weighted by molar-refractivity contribution is 5.71. The van der Waals surface area contributed by atoms with Crippen LogP contribution in [0, 0.1) is 0 Å². The lowest BCUT2D eigenvalue weighted by Crippen LogP contribution is -2.02. The van der Waals surface area contributed by atoms with Crippen molar-refractivity contribution in [2.24, 2.45) is 0 Å². The Bertz CT molecular complexity index is 116. The van der Waals surface area contributed by atoms with E-state index in [9.17, 15) is 4.79 Å². The van der Waals surface area contributed by atoms with Gasteiger partial charge in [-0.2, -0.15) is 0 Å². The summed E-state index contributed by atoms with van der Waals surface area (Å²) in [5, 5.41) is 0. The van der Waals surface area contributed by atoms with Gasteiger partial charge in [-0.3, -0.25) is 4.79 Å². The Kier molecular flexibility index (Phi) is 5.83. The maximum Gasteiger partial charge on any atom is 0.309 e. The summed E-state index contributed by atoms with van der Waals surface area (Å²) in [6, 6.07) is 0. The molecular formula is C8H14O2. The smallest absolute Gasteiger partial charge is 0.309 e. The molecule has 2 heteroatoms. The van der Waals surface area contributed by atoms with E-state index in [1.165, 1.54) is 0 Å². The van der Waals surface area contributed by atoms with Gasteiger partial charge in [-0.25, -0.2) is 0 Å². The number of allylic oxidation sites excluding steroid dienone is 1. The van der Waals surface area contributed by atoms with Gasteiger partial charge in [0.05, 0.1) is 13.0 Å². The molecule has 2 nitrogen and oxygen atoms in total. The van der Waals surface area contributed by atoms with Crippen molar-refractivity contribution in [3.05, 3.63) is 12.2 Å². The van der Waals surface area contributed by atoms with Crippen LogP contribution in [0.2, 0.25) is 0 Å². The average molecular weight is 142 g/mol. The molecule has 0 aromatic rings. The quantitative estimate of drug-likeness (QED) is 0.442. The van der Waals surface area contributed by atoms with Gasteiger partial charge in [0.1, 0.15) is 0 Å². The Labute approximate surface area is 61.9 Å². The van der Waals surface area contributed by atoms with E-state index in [0.29, 0.717) is 13.0 Å². The van der Waals surface area contributed by atoms with Gasteiger partial charge in [0.2, 0.25) is 0 Å². The van der Waals surface area contributed by atoms with Crippen molar-refractivity contribution < 1.29 is 9.53 Å². The topological polar surface area (TPSA) is 26.3 Å². The average Bonchev–Trinajstić information content (AvgIpc) is 1.97. The first-order chi connectivity index (χ1) is 4.81. The van der Waals surface area contributed by atoms with Crippen LogP contribution in [0.25, 0.3) is 0 Å². The summed E-state index contributed by atoms with van der Waals surface area (Å²) in [4.78, 5) is 10.7. The normalized spacial score (nSPS) is 10.2. The zero-order chi connectivity index (χ0) is 7.82. The first-order valence-electron chi connectivity index (χ1n) is 3.58. The SMILES string of the molecule is C/C=C/CC(=O)OCCC. The van der Waals surface area contributed by atoms with Gasteiger partial charge in [0.25, 0.3) is 0 Å². The fraction of sp³-hybridized carbons (Fsp3) is 0.625. The van der Waals surface area contributed by atoms with Crippen molar-refractivity contribution >= 4 is 5.97 Å². The molecule has 0 atom stereocenters. The number of hydrogen-bond acceptors (Lipinski definition) is 2. The van der Waals surface area contributed by atoms with E-state index in [0.717, 1.165) is 6.42 Å². The lowest BCUT2D eigenvalue weighted by Gasteiger charge is -1.98. The molecule has 0 rings (SSSR count). The second kappa shape index (κ2) is 6.33. The van der Waals surface area contributed by atoms with Crippen LogP contribution in [-0.4, -0.2) is 12.6 Å². The van der Waals surface area contributed by atoms with Gasteiger partial charge in [-0.1, -0.05) is 19.1 Å². The molecule has 58 valence electrons. The van der Waals surface area contributed by atoms with Gasteiger partial charge >= 0.3 is 5.97 Å². The Morgan fingerprint density at radius 3 is 2.80 bits per heavy atom. The van der Waals surface area contributed by atoms with Crippen molar-refractivity contribution in [1.29, 1.82) is 0 Å².